The molecule has 1 saturated heterocycles. The van der Waals surface area contributed by atoms with Crippen LogP contribution in [-0.2, 0) is 0 Å². The van der Waals surface area contributed by atoms with E-state index in [0.717, 1.165) is 43.7 Å². The minimum absolute atomic E-state index is 0. The van der Waals surface area contributed by atoms with Crippen molar-refractivity contribution in [1.82, 2.24) is 20.0 Å². The van der Waals surface area contributed by atoms with Crippen LogP contribution >= 0.6 is 12.4 Å². The molecule has 2 N–H and O–H groups in total. The Balaban J connectivity index is 0.00000225. The fourth-order valence-electron chi connectivity index (χ4n) is 3.19. The topological polar surface area (TPSA) is 70.1 Å². The number of nitrogens with zero attached hydrogens (tertiary/aromatic N) is 2. The molecule has 0 saturated carbocycles. The molecular formula is C18H25ClN4O2. The largest absolute Gasteiger partial charge is 0.337 e. The number of halogens is 1. The van der Waals surface area contributed by atoms with Gasteiger partial charge >= 0.3 is 0 Å². The molecule has 6 nitrogen and oxygen atoms in total. The van der Waals surface area contributed by atoms with E-state index < -0.39 is 0 Å². The van der Waals surface area contributed by atoms with E-state index in [0.29, 0.717) is 11.6 Å². The molecule has 0 unspecified atom stereocenters. The lowest BCUT2D eigenvalue weighted by atomic mass is 9.96. The van der Waals surface area contributed by atoms with Gasteiger partial charge < -0.3 is 10.2 Å². The summed E-state index contributed by atoms with van der Waals surface area (Å²) in [5.41, 5.74) is 2.00. The highest BCUT2D eigenvalue weighted by molar-refractivity contribution is 5.92. The number of likely N-dealkylation sites (tertiary alicyclic amines) is 1. The van der Waals surface area contributed by atoms with Crippen molar-refractivity contribution >= 4 is 18.3 Å². The fraction of sp³-hybridized carbons (Fsp3) is 0.444. The molecule has 0 aliphatic carbocycles. The Hall–Kier alpha value is -2.05. The van der Waals surface area contributed by atoms with Gasteiger partial charge in [0.15, 0.2) is 0 Å². The van der Waals surface area contributed by atoms with E-state index >= 15 is 0 Å². The number of aromatic nitrogens is 2. The Bertz CT molecular complexity index is 758. The van der Waals surface area contributed by atoms with Gasteiger partial charge in [-0.3, -0.25) is 14.7 Å². The predicted molar refractivity (Wildman–Crippen MR) is 101 cm³/mol. The molecule has 1 aromatic carbocycles. The zero-order chi connectivity index (χ0) is 17.1. The average molecular weight is 365 g/mol. The number of H-pyrrole nitrogens is 1. The normalized spacial score (nSPS) is 15.0. The highest BCUT2D eigenvalue weighted by Gasteiger charge is 2.24. The van der Waals surface area contributed by atoms with E-state index in [1.165, 1.54) is 10.7 Å². The Morgan fingerprint density at radius 2 is 1.88 bits per heavy atom. The third-order valence-corrected chi connectivity index (χ3v) is 4.64. The summed E-state index contributed by atoms with van der Waals surface area (Å²) in [5.74, 6) is 0.524. The van der Waals surface area contributed by atoms with E-state index in [4.69, 9.17) is 0 Å². The third-order valence-electron chi connectivity index (χ3n) is 4.64. The van der Waals surface area contributed by atoms with Gasteiger partial charge in [-0.2, -0.15) is 0 Å². The van der Waals surface area contributed by atoms with Crippen LogP contribution in [0.25, 0.3) is 5.69 Å². The first-order valence-electron chi connectivity index (χ1n) is 8.41. The van der Waals surface area contributed by atoms with Crippen LogP contribution in [0.15, 0.2) is 35.1 Å². The van der Waals surface area contributed by atoms with Crippen molar-refractivity contribution in [3.63, 3.8) is 0 Å². The van der Waals surface area contributed by atoms with Crippen LogP contribution in [0.1, 0.15) is 28.9 Å². The van der Waals surface area contributed by atoms with Crippen molar-refractivity contribution in [2.75, 3.05) is 26.7 Å². The van der Waals surface area contributed by atoms with Gasteiger partial charge in [-0.15, -0.1) is 12.4 Å². The highest BCUT2D eigenvalue weighted by Crippen LogP contribution is 2.18. The van der Waals surface area contributed by atoms with Gasteiger partial charge in [-0.1, -0.05) is 17.7 Å². The van der Waals surface area contributed by atoms with Crippen molar-refractivity contribution in [3.8, 4) is 5.69 Å². The SMILES string of the molecule is CNCC1CCN(C(=O)c2cc(=O)n(-c3ccc(C)cc3)[nH]2)CC1.Cl. The van der Waals surface area contributed by atoms with Crippen LogP contribution in [0.5, 0.6) is 0 Å². The van der Waals surface area contributed by atoms with Crippen LogP contribution in [0.3, 0.4) is 0 Å². The Labute approximate surface area is 153 Å². The van der Waals surface area contributed by atoms with Crippen molar-refractivity contribution < 1.29 is 4.79 Å². The van der Waals surface area contributed by atoms with Crippen LogP contribution in [0, 0.1) is 12.8 Å². The Kier molecular flexibility index (Phi) is 6.45. The van der Waals surface area contributed by atoms with Crippen molar-refractivity contribution in [1.29, 1.82) is 0 Å². The lowest BCUT2D eigenvalue weighted by Crippen LogP contribution is -2.40. The quantitative estimate of drug-likeness (QED) is 0.871. The second-order valence-electron chi connectivity index (χ2n) is 6.47. The second-order valence-corrected chi connectivity index (χ2v) is 6.47. The molecule has 1 aliphatic heterocycles. The second kappa shape index (κ2) is 8.36. The first kappa shape index (κ1) is 19.3. The number of benzene rings is 1. The number of carbonyl (C=O) groups is 1. The minimum atomic E-state index is -0.215. The molecule has 1 amide bonds. The lowest BCUT2D eigenvalue weighted by molar-refractivity contribution is 0.0684. The van der Waals surface area contributed by atoms with E-state index in [-0.39, 0.29) is 23.9 Å². The molecule has 0 bridgehead atoms. The number of aryl methyl sites for hydroxylation is 1. The van der Waals surface area contributed by atoms with Crippen molar-refractivity contribution in [2.24, 2.45) is 5.92 Å². The molecule has 1 aromatic heterocycles. The number of piperidine rings is 1. The van der Waals surface area contributed by atoms with E-state index in [2.05, 4.69) is 10.4 Å². The van der Waals surface area contributed by atoms with E-state index in [1.54, 1.807) is 0 Å². The van der Waals surface area contributed by atoms with E-state index in [1.807, 2.05) is 43.1 Å². The number of aromatic amines is 1. The molecule has 0 spiro atoms. The summed E-state index contributed by atoms with van der Waals surface area (Å²) < 4.78 is 1.42. The minimum Gasteiger partial charge on any atom is -0.337 e. The highest BCUT2D eigenvalue weighted by atomic mass is 35.5. The summed E-state index contributed by atoms with van der Waals surface area (Å²) in [6, 6.07) is 9.00. The molecular weight excluding hydrogens is 340 g/mol. The number of carbonyl (C=O) groups excluding carboxylic acids is 1. The maximum absolute atomic E-state index is 12.6. The summed E-state index contributed by atoms with van der Waals surface area (Å²) >= 11 is 0. The number of nitrogens with one attached hydrogen (secondary N) is 2. The van der Waals surface area contributed by atoms with Gasteiger partial charge in [-0.05, 0) is 51.4 Å². The molecule has 25 heavy (non-hydrogen) atoms. The van der Waals surface area contributed by atoms with Crippen LogP contribution in [-0.4, -0.2) is 47.3 Å². The number of amides is 1. The van der Waals surface area contributed by atoms with E-state index in [9.17, 15) is 9.59 Å². The van der Waals surface area contributed by atoms with Gasteiger partial charge in [0.25, 0.3) is 11.5 Å². The lowest BCUT2D eigenvalue weighted by Gasteiger charge is -2.31. The monoisotopic (exact) mass is 364 g/mol. The molecule has 2 aromatic rings. The molecule has 1 aliphatic rings. The number of rotatable bonds is 4. The van der Waals surface area contributed by atoms with Crippen molar-refractivity contribution in [2.45, 2.75) is 19.8 Å². The summed E-state index contributed by atoms with van der Waals surface area (Å²) in [5, 5.41) is 6.14. The first-order chi connectivity index (χ1) is 11.6. The predicted octanol–water partition coefficient (Wildman–Crippen LogP) is 1.97. The summed E-state index contributed by atoms with van der Waals surface area (Å²) in [4.78, 5) is 26.7. The van der Waals surface area contributed by atoms with Gasteiger partial charge in [0.1, 0.15) is 5.69 Å². The smallest absolute Gasteiger partial charge is 0.271 e. The average Bonchev–Trinajstić information content (AvgIpc) is 2.98. The zero-order valence-electron chi connectivity index (χ0n) is 14.6. The zero-order valence-corrected chi connectivity index (χ0v) is 15.4. The molecule has 136 valence electrons. The molecule has 0 radical (unpaired) electrons. The summed E-state index contributed by atoms with van der Waals surface area (Å²) in [6.45, 7) is 4.46. The van der Waals surface area contributed by atoms with Gasteiger partial charge in [-0.25, -0.2) is 4.68 Å². The molecule has 7 heteroatoms. The van der Waals surface area contributed by atoms with Crippen LogP contribution < -0.4 is 10.9 Å². The Morgan fingerprint density at radius 1 is 1.24 bits per heavy atom. The molecule has 3 rings (SSSR count). The molecule has 0 atom stereocenters. The van der Waals surface area contributed by atoms with Gasteiger partial charge in [0.05, 0.1) is 5.69 Å². The van der Waals surface area contributed by atoms with Crippen LogP contribution in [0.2, 0.25) is 0 Å². The standard InChI is InChI=1S/C18H24N4O2.ClH/c1-13-3-5-15(6-4-13)22-17(23)11-16(20-22)18(24)21-9-7-14(8-10-21)12-19-2;/h3-6,11,14,19-20H,7-10,12H2,1-2H3;1H. The fourth-order valence-corrected chi connectivity index (χ4v) is 3.19. The van der Waals surface area contributed by atoms with Gasteiger partial charge in [0.2, 0.25) is 0 Å². The van der Waals surface area contributed by atoms with Crippen LogP contribution in [0.4, 0.5) is 0 Å². The number of hydrogen-bond acceptors (Lipinski definition) is 3. The Morgan fingerprint density at radius 3 is 2.48 bits per heavy atom. The molecule has 1 fully saturated rings. The first-order valence-corrected chi connectivity index (χ1v) is 8.41. The maximum atomic E-state index is 12.6. The van der Waals surface area contributed by atoms with Gasteiger partial charge in [0, 0.05) is 19.2 Å². The summed E-state index contributed by atoms with van der Waals surface area (Å²) in [7, 11) is 1.95. The number of hydrogen-bond donors (Lipinski definition) is 2. The third kappa shape index (κ3) is 4.32. The maximum Gasteiger partial charge on any atom is 0.271 e. The van der Waals surface area contributed by atoms with Crippen molar-refractivity contribution in [3.05, 3.63) is 51.9 Å². The summed E-state index contributed by atoms with van der Waals surface area (Å²) in [6.07, 6.45) is 1.99. The molecule has 2 heterocycles.